The number of carbonyl (C=O) groups excluding carboxylic acids is 1. The molecule has 0 aliphatic rings. The van der Waals surface area contributed by atoms with E-state index in [2.05, 4.69) is 22.4 Å². The van der Waals surface area contributed by atoms with E-state index < -0.39 is 0 Å². The summed E-state index contributed by atoms with van der Waals surface area (Å²) in [7, 11) is 1.65. The minimum atomic E-state index is 0.0432. The van der Waals surface area contributed by atoms with Crippen molar-refractivity contribution in [1.29, 1.82) is 0 Å². The number of benzene rings is 1. The van der Waals surface area contributed by atoms with Crippen LogP contribution in [0.25, 0.3) is 0 Å². The molecule has 0 spiro atoms. The summed E-state index contributed by atoms with van der Waals surface area (Å²) >= 11 is 1.55. The maximum atomic E-state index is 12.0. The highest BCUT2D eigenvalue weighted by molar-refractivity contribution is 7.11. The second-order valence-corrected chi connectivity index (χ2v) is 5.98. The third-order valence-corrected chi connectivity index (χ3v) is 4.24. The van der Waals surface area contributed by atoms with Gasteiger partial charge in [-0.3, -0.25) is 4.79 Å². The first-order valence-electron chi connectivity index (χ1n) is 6.93. The normalized spacial score (nSPS) is 10.6. The summed E-state index contributed by atoms with van der Waals surface area (Å²) in [6.45, 7) is 3.09. The Morgan fingerprint density at radius 2 is 2.10 bits per heavy atom. The van der Waals surface area contributed by atoms with Gasteiger partial charge in [0, 0.05) is 18.5 Å². The van der Waals surface area contributed by atoms with Crippen LogP contribution >= 0.6 is 11.3 Å². The highest BCUT2D eigenvalue weighted by Gasteiger charge is 2.11. The SMILES string of the molecule is COCc1nc(C)c(CC(=O)NCCc2ccccc2)s1. The number of hydrogen-bond acceptors (Lipinski definition) is 4. The highest BCUT2D eigenvalue weighted by atomic mass is 32.1. The third kappa shape index (κ3) is 4.95. The molecule has 0 aliphatic carbocycles. The van der Waals surface area contributed by atoms with Gasteiger partial charge in [-0.2, -0.15) is 0 Å². The molecule has 2 aromatic rings. The Morgan fingerprint density at radius 3 is 2.81 bits per heavy atom. The van der Waals surface area contributed by atoms with Crippen LogP contribution in [0.4, 0.5) is 0 Å². The van der Waals surface area contributed by atoms with E-state index in [1.165, 1.54) is 5.56 Å². The van der Waals surface area contributed by atoms with Gasteiger partial charge in [-0.05, 0) is 18.9 Å². The van der Waals surface area contributed by atoms with E-state index >= 15 is 0 Å². The first-order valence-corrected chi connectivity index (χ1v) is 7.75. The molecule has 0 bridgehead atoms. The molecule has 0 saturated heterocycles. The molecule has 0 unspecified atom stereocenters. The van der Waals surface area contributed by atoms with Crippen molar-refractivity contribution in [3.05, 3.63) is 51.5 Å². The molecule has 1 amide bonds. The number of methoxy groups -OCH3 is 1. The Kier molecular flexibility index (Phi) is 5.90. The number of rotatable bonds is 7. The zero-order chi connectivity index (χ0) is 15.1. The zero-order valence-electron chi connectivity index (χ0n) is 12.4. The lowest BCUT2D eigenvalue weighted by atomic mass is 10.1. The number of ether oxygens (including phenoxy) is 1. The summed E-state index contributed by atoms with van der Waals surface area (Å²) in [5.41, 5.74) is 2.15. The summed E-state index contributed by atoms with van der Waals surface area (Å²) in [4.78, 5) is 17.4. The van der Waals surface area contributed by atoms with Crippen LogP contribution in [-0.2, 0) is 29.0 Å². The van der Waals surface area contributed by atoms with E-state index in [4.69, 9.17) is 4.74 Å². The van der Waals surface area contributed by atoms with E-state index in [0.717, 1.165) is 22.0 Å². The smallest absolute Gasteiger partial charge is 0.225 e. The van der Waals surface area contributed by atoms with E-state index in [9.17, 15) is 4.79 Å². The second-order valence-electron chi connectivity index (χ2n) is 4.81. The van der Waals surface area contributed by atoms with E-state index in [1.54, 1.807) is 18.4 Å². The van der Waals surface area contributed by atoms with Crippen molar-refractivity contribution in [1.82, 2.24) is 10.3 Å². The summed E-state index contributed by atoms with van der Waals surface area (Å²) < 4.78 is 5.06. The zero-order valence-corrected chi connectivity index (χ0v) is 13.2. The summed E-state index contributed by atoms with van der Waals surface area (Å²) in [5.74, 6) is 0.0432. The lowest BCUT2D eigenvalue weighted by molar-refractivity contribution is -0.120. The molecule has 21 heavy (non-hydrogen) atoms. The number of carbonyl (C=O) groups is 1. The molecule has 0 saturated carbocycles. The van der Waals surface area contributed by atoms with Crippen molar-refractivity contribution >= 4 is 17.2 Å². The van der Waals surface area contributed by atoms with Crippen molar-refractivity contribution in [2.45, 2.75) is 26.4 Å². The molecule has 1 aromatic heterocycles. The predicted octanol–water partition coefficient (Wildman–Crippen LogP) is 2.50. The lowest BCUT2D eigenvalue weighted by Crippen LogP contribution is -2.27. The van der Waals surface area contributed by atoms with Gasteiger partial charge >= 0.3 is 0 Å². The first kappa shape index (κ1) is 15.7. The van der Waals surface area contributed by atoms with Crippen LogP contribution in [-0.4, -0.2) is 24.5 Å². The molecule has 5 heteroatoms. The van der Waals surface area contributed by atoms with Crippen LogP contribution in [0.1, 0.15) is 21.1 Å². The number of nitrogens with one attached hydrogen (secondary N) is 1. The standard InChI is InChI=1S/C16H20N2O2S/c1-12-14(21-16(18-12)11-20-2)10-15(19)17-9-8-13-6-4-3-5-7-13/h3-7H,8-11H2,1-2H3,(H,17,19). The van der Waals surface area contributed by atoms with Gasteiger partial charge in [0.05, 0.1) is 18.7 Å². The number of amides is 1. The molecule has 1 heterocycles. The number of nitrogens with zero attached hydrogens (tertiary/aromatic N) is 1. The van der Waals surface area contributed by atoms with Crippen molar-refractivity contribution in [2.75, 3.05) is 13.7 Å². The molecular formula is C16H20N2O2S. The minimum Gasteiger partial charge on any atom is -0.378 e. The van der Waals surface area contributed by atoms with Gasteiger partial charge in [0.25, 0.3) is 0 Å². The fourth-order valence-corrected chi connectivity index (χ4v) is 3.08. The van der Waals surface area contributed by atoms with E-state index in [0.29, 0.717) is 19.6 Å². The maximum Gasteiger partial charge on any atom is 0.225 e. The van der Waals surface area contributed by atoms with Crippen molar-refractivity contribution in [3.8, 4) is 0 Å². The van der Waals surface area contributed by atoms with Crippen LogP contribution in [0.15, 0.2) is 30.3 Å². The van der Waals surface area contributed by atoms with Gasteiger partial charge in [0.2, 0.25) is 5.91 Å². The van der Waals surface area contributed by atoms with Crippen LogP contribution < -0.4 is 5.32 Å². The van der Waals surface area contributed by atoms with Gasteiger partial charge in [-0.25, -0.2) is 4.98 Å². The van der Waals surface area contributed by atoms with Crippen molar-refractivity contribution in [3.63, 3.8) is 0 Å². The molecule has 4 nitrogen and oxygen atoms in total. The van der Waals surface area contributed by atoms with Gasteiger partial charge in [-0.1, -0.05) is 30.3 Å². The average Bonchev–Trinajstić information content (AvgIpc) is 2.80. The lowest BCUT2D eigenvalue weighted by Gasteiger charge is -2.04. The predicted molar refractivity (Wildman–Crippen MR) is 84.4 cm³/mol. The summed E-state index contributed by atoms with van der Waals surface area (Å²) in [6, 6.07) is 10.1. The fourth-order valence-electron chi connectivity index (χ4n) is 2.04. The van der Waals surface area contributed by atoms with Crippen molar-refractivity contribution < 1.29 is 9.53 Å². The van der Waals surface area contributed by atoms with E-state index in [-0.39, 0.29) is 5.91 Å². The minimum absolute atomic E-state index is 0.0432. The Balaban J connectivity index is 1.79. The quantitative estimate of drug-likeness (QED) is 0.855. The van der Waals surface area contributed by atoms with Gasteiger partial charge in [-0.15, -0.1) is 11.3 Å². The first-order chi connectivity index (χ1) is 10.2. The fraction of sp³-hybridized carbons (Fsp3) is 0.375. The largest absolute Gasteiger partial charge is 0.378 e. The van der Waals surface area contributed by atoms with Crippen LogP contribution in [0.5, 0.6) is 0 Å². The summed E-state index contributed by atoms with van der Waals surface area (Å²) in [6.07, 6.45) is 1.24. The molecule has 1 N–H and O–H groups in total. The number of aryl methyl sites for hydroxylation is 1. The monoisotopic (exact) mass is 304 g/mol. The van der Waals surface area contributed by atoms with Crippen LogP contribution in [0.2, 0.25) is 0 Å². The molecule has 0 aliphatic heterocycles. The summed E-state index contributed by atoms with van der Waals surface area (Å²) in [5, 5.41) is 3.88. The number of hydrogen-bond donors (Lipinski definition) is 1. The van der Waals surface area contributed by atoms with E-state index in [1.807, 2.05) is 25.1 Å². The Labute approximate surface area is 129 Å². The molecule has 0 fully saturated rings. The van der Waals surface area contributed by atoms with Gasteiger partial charge < -0.3 is 10.1 Å². The van der Waals surface area contributed by atoms with Crippen molar-refractivity contribution in [2.24, 2.45) is 0 Å². The number of aromatic nitrogens is 1. The maximum absolute atomic E-state index is 12.0. The van der Waals surface area contributed by atoms with Crippen LogP contribution in [0, 0.1) is 6.92 Å². The second kappa shape index (κ2) is 7.90. The Bertz CT molecular complexity index is 581. The Morgan fingerprint density at radius 1 is 1.33 bits per heavy atom. The molecule has 112 valence electrons. The van der Waals surface area contributed by atoms with Crippen LogP contribution in [0.3, 0.4) is 0 Å². The Hall–Kier alpha value is -1.72. The molecule has 2 rings (SSSR count). The van der Waals surface area contributed by atoms with Gasteiger partial charge in [0.15, 0.2) is 0 Å². The molecule has 0 atom stereocenters. The molecular weight excluding hydrogens is 284 g/mol. The topological polar surface area (TPSA) is 51.2 Å². The highest BCUT2D eigenvalue weighted by Crippen LogP contribution is 2.19. The third-order valence-electron chi connectivity index (χ3n) is 3.10. The molecule has 0 radical (unpaired) electrons. The number of thiazole rings is 1. The average molecular weight is 304 g/mol. The van der Waals surface area contributed by atoms with Gasteiger partial charge in [0.1, 0.15) is 5.01 Å². The molecule has 1 aromatic carbocycles.